The predicted molar refractivity (Wildman–Crippen MR) is 68.7 cm³/mol. The standard InChI is InChI=1S/C12H19NO4S/c1-2-17-8-4-7-13-18(15,16)12-6-3-5-11(9-12)10-14/h3,5-6,9,13-14H,2,4,7-8,10H2,1H3. The molecule has 0 spiro atoms. The molecule has 0 aliphatic rings. The molecule has 0 heterocycles. The van der Waals surface area contributed by atoms with Crippen LogP contribution in [0.15, 0.2) is 29.2 Å². The van der Waals surface area contributed by atoms with E-state index in [0.29, 0.717) is 31.7 Å². The molecule has 0 saturated carbocycles. The van der Waals surface area contributed by atoms with Gasteiger partial charge in [0.1, 0.15) is 0 Å². The monoisotopic (exact) mass is 273 g/mol. The summed E-state index contributed by atoms with van der Waals surface area (Å²) in [7, 11) is -3.50. The van der Waals surface area contributed by atoms with Gasteiger partial charge in [0, 0.05) is 19.8 Å². The van der Waals surface area contributed by atoms with E-state index in [-0.39, 0.29) is 11.5 Å². The molecule has 102 valence electrons. The molecule has 6 heteroatoms. The summed E-state index contributed by atoms with van der Waals surface area (Å²) in [5.41, 5.74) is 0.576. The molecular weight excluding hydrogens is 254 g/mol. The Balaban J connectivity index is 2.57. The highest BCUT2D eigenvalue weighted by atomic mass is 32.2. The van der Waals surface area contributed by atoms with Crippen LogP contribution in [-0.4, -0.2) is 33.3 Å². The van der Waals surface area contributed by atoms with Crippen LogP contribution in [-0.2, 0) is 21.4 Å². The van der Waals surface area contributed by atoms with E-state index in [1.165, 1.54) is 12.1 Å². The van der Waals surface area contributed by atoms with E-state index in [9.17, 15) is 8.42 Å². The Morgan fingerprint density at radius 3 is 2.83 bits per heavy atom. The fraction of sp³-hybridized carbons (Fsp3) is 0.500. The molecule has 5 nitrogen and oxygen atoms in total. The average Bonchev–Trinajstić information content (AvgIpc) is 2.38. The first-order chi connectivity index (χ1) is 8.60. The minimum absolute atomic E-state index is 0.172. The second kappa shape index (κ2) is 7.48. The first-order valence-electron chi connectivity index (χ1n) is 5.87. The number of rotatable bonds is 8. The minimum Gasteiger partial charge on any atom is -0.392 e. The van der Waals surface area contributed by atoms with Gasteiger partial charge >= 0.3 is 0 Å². The minimum atomic E-state index is -3.50. The normalized spacial score (nSPS) is 11.7. The van der Waals surface area contributed by atoms with Gasteiger partial charge in [-0.2, -0.15) is 0 Å². The van der Waals surface area contributed by atoms with E-state index in [1.807, 2.05) is 6.92 Å². The van der Waals surface area contributed by atoms with Gasteiger partial charge in [-0.15, -0.1) is 0 Å². The molecular formula is C12H19NO4S. The predicted octanol–water partition coefficient (Wildman–Crippen LogP) is 0.884. The van der Waals surface area contributed by atoms with Crippen LogP contribution in [0, 0.1) is 0 Å². The molecule has 0 amide bonds. The number of benzene rings is 1. The molecule has 18 heavy (non-hydrogen) atoms. The molecule has 1 aromatic rings. The van der Waals surface area contributed by atoms with Gasteiger partial charge in [0.05, 0.1) is 11.5 Å². The molecule has 0 aromatic heterocycles. The van der Waals surface area contributed by atoms with Gasteiger partial charge in [-0.25, -0.2) is 13.1 Å². The van der Waals surface area contributed by atoms with Crippen LogP contribution in [0.5, 0.6) is 0 Å². The molecule has 0 saturated heterocycles. The molecule has 0 aliphatic heterocycles. The van der Waals surface area contributed by atoms with Crippen molar-refractivity contribution < 1.29 is 18.3 Å². The van der Waals surface area contributed by atoms with Crippen molar-refractivity contribution in [3.8, 4) is 0 Å². The third-order valence-corrected chi connectivity index (χ3v) is 3.81. The van der Waals surface area contributed by atoms with Crippen LogP contribution in [0.1, 0.15) is 18.9 Å². The number of ether oxygens (including phenoxy) is 1. The number of aliphatic hydroxyl groups excluding tert-OH is 1. The van der Waals surface area contributed by atoms with Crippen LogP contribution < -0.4 is 4.72 Å². The van der Waals surface area contributed by atoms with Crippen LogP contribution in [0.2, 0.25) is 0 Å². The Hall–Kier alpha value is -0.950. The fourth-order valence-corrected chi connectivity index (χ4v) is 2.56. The molecule has 0 fully saturated rings. The lowest BCUT2D eigenvalue weighted by molar-refractivity contribution is 0.146. The van der Waals surface area contributed by atoms with E-state index in [2.05, 4.69) is 4.72 Å². The summed E-state index contributed by atoms with van der Waals surface area (Å²) in [6.07, 6.45) is 0.632. The Morgan fingerprint density at radius 2 is 2.17 bits per heavy atom. The molecule has 0 atom stereocenters. The highest BCUT2D eigenvalue weighted by Gasteiger charge is 2.13. The molecule has 1 rings (SSSR count). The van der Waals surface area contributed by atoms with Crippen molar-refractivity contribution >= 4 is 10.0 Å². The summed E-state index contributed by atoms with van der Waals surface area (Å²) in [4.78, 5) is 0.172. The maximum atomic E-state index is 11.9. The van der Waals surface area contributed by atoms with E-state index in [4.69, 9.17) is 9.84 Å². The average molecular weight is 273 g/mol. The van der Waals surface area contributed by atoms with E-state index in [1.54, 1.807) is 12.1 Å². The number of nitrogens with one attached hydrogen (secondary N) is 1. The van der Waals surface area contributed by atoms with Crippen LogP contribution >= 0.6 is 0 Å². The third kappa shape index (κ3) is 4.73. The van der Waals surface area contributed by atoms with Crippen molar-refractivity contribution in [2.75, 3.05) is 19.8 Å². The maximum absolute atomic E-state index is 11.9. The third-order valence-electron chi connectivity index (χ3n) is 2.35. The van der Waals surface area contributed by atoms with Gasteiger partial charge in [0.2, 0.25) is 10.0 Å². The Kier molecular flexibility index (Phi) is 6.28. The van der Waals surface area contributed by atoms with Crippen LogP contribution in [0.4, 0.5) is 0 Å². The van der Waals surface area contributed by atoms with Gasteiger partial charge in [-0.3, -0.25) is 0 Å². The van der Waals surface area contributed by atoms with Gasteiger partial charge in [0.25, 0.3) is 0 Å². The second-order valence-electron chi connectivity index (χ2n) is 3.75. The van der Waals surface area contributed by atoms with Crippen molar-refractivity contribution in [1.29, 1.82) is 0 Å². The van der Waals surface area contributed by atoms with E-state index in [0.717, 1.165) is 0 Å². The Bertz CT molecular complexity index is 459. The first-order valence-corrected chi connectivity index (χ1v) is 7.35. The lowest BCUT2D eigenvalue weighted by atomic mass is 10.2. The fourth-order valence-electron chi connectivity index (χ4n) is 1.42. The Labute approximate surface area is 108 Å². The quantitative estimate of drug-likeness (QED) is 0.690. The van der Waals surface area contributed by atoms with Gasteiger partial charge in [-0.05, 0) is 31.0 Å². The van der Waals surface area contributed by atoms with Crippen molar-refractivity contribution in [2.24, 2.45) is 0 Å². The summed E-state index contributed by atoms with van der Waals surface area (Å²) in [5.74, 6) is 0. The largest absolute Gasteiger partial charge is 0.392 e. The van der Waals surface area contributed by atoms with Gasteiger partial charge < -0.3 is 9.84 Å². The van der Waals surface area contributed by atoms with Crippen molar-refractivity contribution in [2.45, 2.75) is 24.8 Å². The topological polar surface area (TPSA) is 75.6 Å². The zero-order valence-corrected chi connectivity index (χ0v) is 11.2. The van der Waals surface area contributed by atoms with E-state index >= 15 is 0 Å². The van der Waals surface area contributed by atoms with Crippen molar-refractivity contribution in [1.82, 2.24) is 4.72 Å². The summed E-state index contributed by atoms with van der Waals surface area (Å²) in [5, 5.41) is 8.97. The summed E-state index contributed by atoms with van der Waals surface area (Å²) in [6, 6.07) is 6.25. The molecule has 0 aliphatic carbocycles. The van der Waals surface area contributed by atoms with Crippen LogP contribution in [0.3, 0.4) is 0 Å². The maximum Gasteiger partial charge on any atom is 0.240 e. The number of sulfonamides is 1. The highest BCUT2D eigenvalue weighted by molar-refractivity contribution is 7.89. The molecule has 0 unspecified atom stereocenters. The zero-order valence-electron chi connectivity index (χ0n) is 10.4. The van der Waals surface area contributed by atoms with Crippen molar-refractivity contribution in [3.05, 3.63) is 29.8 Å². The van der Waals surface area contributed by atoms with Gasteiger partial charge in [-0.1, -0.05) is 12.1 Å². The zero-order chi connectivity index (χ0) is 13.4. The lowest BCUT2D eigenvalue weighted by Crippen LogP contribution is -2.25. The number of hydrogen-bond acceptors (Lipinski definition) is 4. The second-order valence-corrected chi connectivity index (χ2v) is 5.52. The van der Waals surface area contributed by atoms with Gasteiger partial charge in [0.15, 0.2) is 0 Å². The van der Waals surface area contributed by atoms with E-state index < -0.39 is 10.0 Å². The first kappa shape index (κ1) is 15.1. The molecule has 0 radical (unpaired) electrons. The number of hydrogen-bond donors (Lipinski definition) is 2. The summed E-state index contributed by atoms with van der Waals surface area (Å²) < 4.78 is 31.4. The van der Waals surface area contributed by atoms with Crippen LogP contribution in [0.25, 0.3) is 0 Å². The molecule has 2 N–H and O–H groups in total. The lowest BCUT2D eigenvalue weighted by Gasteiger charge is -2.07. The smallest absolute Gasteiger partial charge is 0.240 e. The summed E-state index contributed by atoms with van der Waals surface area (Å²) >= 11 is 0. The van der Waals surface area contributed by atoms with Crippen molar-refractivity contribution in [3.63, 3.8) is 0 Å². The highest BCUT2D eigenvalue weighted by Crippen LogP contribution is 2.11. The SMILES string of the molecule is CCOCCCNS(=O)(=O)c1cccc(CO)c1. The number of aliphatic hydroxyl groups is 1. The molecule has 0 bridgehead atoms. The molecule has 1 aromatic carbocycles. The summed E-state index contributed by atoms with van der Waals surface area (Å²) in [6.45, 7) is 3.23. The Morgan fingerprint density at radius 1 is 1.39 bits per heavy atom.